The van der Waals surface area contributed by atoms with Crippen LogP contribution >= 0.6 is 0 Å². The molecule has 2 amide bonds. The van der Waals surface area contributed by atoms with Crippen LogP contribution in [0.4, 0.5) is 4.39 Å². The average molecular weight is 433 g/mol. The number of nitrogens with zero attached hydrogens (tertiary/aromatic N) is 1. The van der Waals surface area contributed by atoms with Crippen LogP contribution in [-0.4, -0.2) is 47.9 Å². The standard InChI is InChI=1S/C24H33FN2O4/c1-15-5-4-6-21(16(15)2)26-22(28)17(3)31-24(30)19-11-13-27(14-12-19)23(29)18-7-9-20(25)10-8-18/h7-10,15-17,19,21H,4-6,11-14H2,1-3H3,(H,26,28)/t15-,16-,17-,21+/m0/s1. The zero-order valence-electron chi connectivity index (χ0n) is 18.6. The Hall–Kier alpha value is -2.44. The number of carbonyl (C=O) groups is 3. The van der Waals surface area contributed by atoms with Crippen molar-refractivity contribution in [3.63, 3.8) is 0 Å². The zero-order chi connectivity index (χ0) is 22.5. The summed E-state index contributed by atoms with van der Waals surface area (Å²) in [5.41, 5.74) is 0.430. The van der Waals surface area contributed by atoms with Gasteiger partial charge in [-0.1, -0.05) is 26.7 Å². The molecule has 170 valence electrons. The molecule has 2 aliphatic rings. The molecule has 31 heavy (non-hydrogen) atoms. The number of hydrogen-bond donors (Lipinski definition) is 1. The number of carbonyl (C=O) groups excluding carboxylic acids is 3. The Labute approximate surface area is 183 Å². The van der Waals surface area contributed by atoms with Crippen LogP contribution in [-0.2, 0) is 14.3 Å². The SMILES string of the molecule is C[C@H]1[C@@H](C)CCC[C@H]1NC(=O)[C@H](C)OC(=O)C1CCN(C(=O)c2ccc(F)cc2)CC1. The van der Waals surface area contributed by atoms with Crippen molar-refractivity contribution >= 4 is 17.8 Å². The van der Waals surface area contributed by atoms with Crippen LogP contribution in [0.5, 0.6) is 0 Å². The fourth-order valence-corrected chi connectivity index (χ4v) is 4.50. The van der Waals surface area contributed by atoms with E-state index in [2.05, 4.69) is 19.2 Å². The number of hydrogen-bond acceptors (Lipinski definition) is 4. The molecule has 0 spiro atoms. The monoisotopic (exact) mass is 432 g/mol. The van der Waals surface area contributed by atoms with E-state index >= 15 is 0 Å². The van der Waals surface area contributed by atoms with Crippen molar-refractivity contribution in [3.8, 4) is 0 Å². The predicted molar refractivity (Wildman–Crippen MR) is 115 cm³/mol. The Balaban J connectivity index is 1.45. The molecule has 1 aliphatic heterocycles. The highest BCUT2D eigenvalue weighted by atomic mass is 19.1. The van der Waals surface area contributed by atoms with Gasteiger partial charge in [0, 0.05) is 24.7 Å². The smallest absolute Gasteiger partial charge is 0.309 e. The van der Waals surface area contributed by atoms with E-state index < -0.39 is 6.10 Å². The molecule has 4 atom stereocenters. The molecule has 0 bridgehead atoms. The van der Waals surface area contributed by atoms with Gasteiger partial charge in [-0.15, -0.1) is 0 Å². The number of nitrogens with one attached hydrogen (secondary N) is 1. The summed E-state index contributed by atoms with van der Waals surface area (Å²) in [5, 5.41) is 3.06. The van der Waals surface area contributed by atoms with E-state index in [1.54, 1.807) is 11.8 Å². The van der Waals surface area contributed by atoms with E-state index in [-0.39, 0.29) is 35.6 Å². The lowest BCUT2D eigenvalue weighted by molar-refractivity contribution is -0.160. The number of ether oxygens (including phenoxy) is 1. The Morgan fingerprint density at radius 1 is 1.06 bits per heavy atom. The van der Waals surface area contributed by atoms with Gasteiger partial charge in [0.15, 0.2) is 6.10 Å². The lowest BCUT2D eigenvalue weighted by atomic mass is 9.78. The maximum Gasteiger partial charge on any atom is 0.309 e. The molecule has 1 heterocycles. The van der Waals surface area contributed by atoms with Crippen LogP contribution in [0.1, 0.15) is 63.2 Å². The van der Waals surface area contributed by atoms with Gasteiger partial charge in [0.05, 0.1) is 5.92 Å². The molecule has 3 rings (SSSR count). The maximum absolute atomic E-state index is 13.1. The summed E-state index contributed by atoms with van der Waals surface area (Å²) in [6.45, 7) is 6.82. The van der Waals surface area contributed by atoms with Gasteiger partial charge in [0.2, 0.25) is 0 Å². The highest BCUT2D eigenvalue weighted by Crippen LogP contribution is 2.29. The summed E-state index contributed by atoms with van der Waals surface area (Å²) in [4.78, 5) is 39.3. The fourth-order valence-electron chi connectivity index (χ4n) is 4.50. The lowest BCUT2D eigenvalue weighted by Gasteiger charge is -2.35. The van der Waals surface area contributed by atoms with Gasteiger partial charge in [-0.25, -0.2) is 4.39 Å². The van der Waals surface area contributed by atoms with Crippen molar-refractivity contribution in [2.45, 2.75) is 65.0 Å². The number of rotatable bonds is 5. The Bertz CT molecular complexity index is 789. The van der Waals surface area contributed by atoms with Crippen molar-refractivity contribution in [2.24, 2.45) is 17.8 Å². The zero-order valence-corrected chi connectivity index (χ0v) is 18.6. The normalized spacial score (nSPS) is 25.5. The molecule has 0 aromatic heterocycles. The van der Waals surface area contributed by atoms with Gasteiger partial charge < -0.3 is 15.0 Å². The summed E-state index contributed by atoms with van der Waals surface area (Å²) >= 11 is 0. The van der Waals surface area contributed by atoms with Gasteiger partial charge in [-0.05, 0) is 62.3 Å². The maximum atomic E-state index is 13.1. The summed E-state index contributed by atoms with van der Waals surface area (Å²) in [7, 11) is 0. The number of amides is 2. The van der Waals surface area contributed by atoms with Crippen molar-refractivity contribution in [2.75, 3.05) is 13.1 Å². The molecule has 1 saturated heterocycles. The first kappa shape index (κ1) is 23.2. The molecule has 2 fully saturated rings. The molecule has 0 unspecified atom stereocenters. The summed E-state index contributed by atoms with van der Waals surface area (Å²) in [6, 6.07) is 5.58. The van der Waals surface area contributed by atoms with E-state index in [1.807, 2.05) is 0 Å². The molecule has 1 aliphatic carbocycles. The van der Waals surface area contributed by atoms with Crippen molar-refractivity contribution in [3.05, 3.63) is 35.6 Å². The summed E-state index contributed by atoms with van der Waals surface area (Å²) in [6.07, 6.45) is 3.36. The molecule has 1 N–H and O–H groups in total. The summed E-state index contributed by atoms with van der Waals surface area (Å²) in [5.74, 6) is -0.548. The van der Waals surface area contributed by atoms with Crippen LogP contribution in [0.25, 0.3) is 0 Å². The average Bonchev–Trinajstić information content (AvgIpc) is 2.77. The molecule has 0 radical (unpaired) electrons. The minimum atomic E-state index is -0.837. The third-order valence-corrected chi connectivity index (χ3v) is 6.90. The molecule has 1 aromatic rings. The lowest BCUT2D eigenvalue weighted by Crippen LogP contribution is -2.48. The fraction of sp³-hybridized carbons (Fsp3) is 0.625. The van der Waals surface area contributed by atoms with E-state index in [4.69, 9.17) is 4.74 Å². The van der Waals surface area contributed by atoms with Gasteiger partial charge in [0.25, 0.3) is 11.8 Å². The largest absolute Gasteiger partial charge is 0.452 e. The van der Waals surface area contributed by atoms with Crippen LogP contribution in [0.15, 0.2) is 24.3 Å². The molecular formula is C24H33FN2O4. The second-order valence-electron chi connectivity index (χ2n) is 9.03. The van der Waals surface area contributed by atoms with E-state index in [0.29, 0.717) is 43.3 Å². The number of benzene rings is 1. The van der Waals surface area contributed by atoms with Gasteiger partial charge in [0.1, 0.15) is 5.82 Å². The van der Waals surface area contributed by atoms with Crippen LogP contribution < -0.4 is 5.32 Å². The van der Waals surface area contributed by atoms with Crippen molar-refractivity contribution < 1.29 is 23.5 Å². The van der Waals surface area contributed by atoms with Crippen molar-refractivity contribution in [1.82, 2.24) is 10.2 Å². The van der Waals surface area contributed by atoms with Crippen LogP contribution in [0.3, 0.4) is 0 Å². The minimum Gasteiger partial charge on any atom is -0.452 e. The number of piperidine rings is 1. The first-order valence-electron chi connectivity index (χ1n) is 11.3. The third kappa shape index (κ3) is 5.83. The molecule has 1 aromatic carbocycles. The van der Waals surface area contributed by atoms with Gasteiger partial charge in [-0.3, -0.25) is 14.4 Å². The highest BCUT2D eigenvalue weighted by molar-refractivity contribution is 5.94. The molecule has 6 nitrogen and oxygen atoms in total. The minimum absolute atomic E-state index is 0.123. The first-order chi connectivity index (χ1) is 14.8. The van der Waals surface area contributed by atoms with E-state index in [0.717, 1.165) is 12.8 Å². The molecular weight excluding hydrogens is 399 g/mol. The van der Waals surface area contributed by atoms with E-state index in [1.165, 1.54) is 30.7 Å². The summed E-state index contributed by atoms with van der Waals surface area (Å²) < 4.78 is 18.5. The van der Waals surface area contributed by atoms with Crippen LogP contribution in [0, 0.1) is 23.6 Å². The molecule has 7 heteroatoms. The Morgan fingerprint density at radius 3 is 2.35 bits per heavy atom. The topological polar surface area (TPSA) is 75.7 Å². The second-order valence-corrected chi connectivity index (χ2v) is 9.03. The number of likely N-dealkylation sites (tertiary alicyclic amines) is 1. The van der Waals surface area contributed by atoms with Crippen LogP contribution in [0.2, 0.25) is 0 Å². The van der Waals surface area contributed by atoms with Crippen molar-refractivity contribution in [1.29, 1.82) is 0 Å². The Morgan fingerprint density at radius 2 is 1.71 bits per heavy atom. The van der Waals surface area contributed by atoms with Gasteiger partial charge in [-0.2, -0.15) is 0 Å². The van der Waals surface area contributed by atoms with E-state index in [9.17, 15) is 18.8 Å². The first-order valence-corrected chi connectivity index (χ1v) is 11.3. The number of esters is 1. The second kappa shape index (κ2) is 10.2. The number of halogens is 1. The predicted octanol–water partition coefficient (Wildman–Crippen LogP) is 3.55. The molecule has 1 saturated carbocycles. The third-order valence-electron chi connectivity index (χ3n) is 6.90. The Kier molecular flexibility index (Phi) is 7.68. The highest BCUT2D eigenvalue weighted by Gasteiger charge is 2.33. The van der Waals surface area contributed by atoms with Gasteiger partial charge >= 0.3 is 5.97 Å². The quantitative estimate of drug-likeness (QED) is 0.722.